The Kier molecular flexibility index (Phi) is 4.12. The molecule has 0 bridgehead atoms. The third-order valence-corrected chi connectivity index (χ3v) is 4.80. The molecule has 0 amide bonds. The van der Waals surface area contributed by atoms with Crippen LogP contribution >= 0.6 is 0 Å². The minimum atomic E-state index is -0.0567. The predicted octanol–water partition coefficient (Wildman–Crippen LogP) is 3.69. The number of hydrogen-bond acceptors (Lipinski definition) is 3. The minimum absolute atomic E-state index is 0.0567. The normalized spacial score (nSPS) is 26.3. The van der Waals surface area contributed by atoms with Gasteiger partial charge < -0.3 is 10.1 Å². The summed E-state index contributed by atoms with van der Waals surface area (Å²) in [5.74, 6) is 1.03. The van der Waals surface area contributed by atoms with Crippen LogP contribution in [0.25, 0.3) is 0 Å². The van der Waals surface area contributed by atoms with Gasteiger partial charge in [0.15, 0.2) is 0 Å². The summed E-state index contributed by atoms with van der Waals surface area (Å²) >= 11 is 0. The summed E-state index contributed by atoms with van der Waals surface area (Å²) in [5.41, 5.74) is 2.63. The topological polar surface area (TPSA) is 24.5 Å². The van der Waals surface area contributed by atoms with Gasteiger partial charge in [0.1, 0.15) is 11.4 Å². The second kappa shape index (κ2) is 5.88. The van der Waals surface area contributed by atoms with Gasteiger partial charge in [0, 0.05) is 24.8 Å². The zero-order valence-electron chi connectivity index (χ0n) is 13.6. The summed E-state index contributed by atoms with van der Waals surface area (Å²) in [6, 6.07) is 7.13. The maximum Gasteiger partial charge on any atom is 0.120 e. The van der Waals surface area contributed by atoms with Crippen molar-refractivity contribution >= 4 is 5.69 Å². The van der Waals surface area contributed by atoms with Gasteiger partial charge in [-0.2, -0.15) is 0 Å². The number of rotatable bonds is 3. The number of fused-ring (bicyclic) bond motifs is 1. The summed E-state index contributed by atoms with van der Waals surface area (Å²) in [6.07, 6.45) is 4.75. The predicted molar refractivity (Wildman–Crippen MR) is 88.2 cm³/mol. The van der Waals surface area contributed by atoms with Gasteiger partial charge in [-0.15, -0.1) is 0 Å². The van der Waals surface area contributed by atoms with Crippen LogP contribution in [0.5, 0.6) is 5.75 Å². The van der Waals surface area contributed by atoms with E-state index in [1.54, 1.807) is 0 Å². The van der Waals surface area contributed by atoms with Crippen molar-refractivity contribution in [1.82, 2.24) is 4.90 Å². The maximum atomic E-state index is 6.42. The van der Waals surface area contributed by atoms with E-state index < -0.39 is 0 Å². The first-order valence-corrected chi connectivity index (χ1v) is 8.36. The molecule has 1 fully saturated rings. The summed E-state index contributed by atoms with van der Waals surface area (Å²) in [5, 5.41) is 3.46. The molecular formula is C18H28N2O. The van der Waals surface area contributed by atoms with Crippen molar-refractivity contribution in [2.45, 2.75) is 58.1 Å². The van der Waals surface area contributed by atoms with Gasteiger partial charge in [0.2, 0.25) is 0 Å². The molecule has 1 aromatic rings. The molecule has 1 saturated heterocycles. The molecule has 2 aliphatic heterocycles. The Bertz CT molecular complexity index is 500. The molecular weight excluding hydrogens is 260 g/mol. The molecule has 0 aliphatic carbocycles. The van der Waals surface area contributed by atoms with E-state index >= 15 is 0 Å². The first kappa shape index (κ1) is 14.7. The fourth-order valence-corrected chi connectivity index (χ4v) is 3.57. The summed E-state index contributed by atoms with van der Waals surface area (Å²) < 4.78 is 6.42. The molecule has 21 heavy (non-hydrogen) atoms. The molecule has 2 heterocycles. The van der Waals surface area contributed by atoms with Crippen molar-refractivity contribution in [3.8, 4) is 5.75 Å². The first-order valence-electron chi connectivity index (χ1n) is 8.36. The lowest BCUT2D eigenvalue weighted by molar-refractivity contribution is -0.00531. The minimum Gasteiger partial charge on any atom is -0.486 e. The van der Waals surface area contributed by atoms with E-state index in [1.165, 1.54) is 30.6 Å². The molecule has 0 saturated carbocycles. The average molecular weight is 288 g/mol. The lowest BCUT2D eigenvalue weighted by Crippen LogP contribution is -2.51. The van der Waals surface area contributed by atoms with Crippen molar-refractivity contribution in [1.29, 1.82) is 0 Å². The van der Waals surface area contributed by atoms with Crippen molar-refractivity contribution in [2.75, 3.05) is 25.0 Å². The Morgan fingerprint density at radius 2 is 2.14 bits per heavy atom. The van der Waals surface area contributed by atoms with Gasteiger partial charge in [-0.1, -0.05) is 0 Å². The molecule has 3 rings (SSSR count). The fourth-order valence-electron chi connectivity index (χ4n) is 3.57. The summed E-state index contributed by atoms with van der Waals surface area (Å²) in [4.78, 5) is 2.53. The molecule has 2 aliphatic rings. The fraction of sp³-hybridized carbons (Fsp3) is 0.667. The van der Waals surface area contributed by atoms with Crippen LogP contribution in [0, 0.1) is 0 Å². The number of ether oxygens (including phenoxy) is 1. The van der Waals surface area contributed by atoms with E-state index in [9.17, 15) is 0 Å². The van der Waals surface area contributed by atoms with Gasteiger partial charge in [0.05, 0.1) is 0 Å². The lowest BCUT2D eigenvalue weighted by atomic mass is 9.93. The monoisotopic (exact) mass is 288 g/mol. The standard InChI is InChI=1S/C18H28N2O/c1-14(2)20-11-5-9-18(3,13-20)21-16-7-8-17-15(12-16)6-4-10-19-17/h7-8,12,14,19H,4-6,9-11,13H2,1-3H3. The van der Waals surface area contributed by atoms with Gasteiger partial charge >= 0.3 is 0 Å². The average Bonchev–Trinajstić information content (AvgIpc) is 2.46. The smallest absolute Gasteiger partial charge is 0.120 e. The SMILES string of the molecule is CC(C)N1CCCC(C)(Oc2ccc3c(c2)CCCN3)C1. The quantitative estimate of drug-likeness (QED) is 0.918. The first-order chi connectivity index (χ1) is 10.1. The van der Waals surface area contributed by atoms with Gasteiger partial charge in [-0.3, -0.25) is 4.90 Å². The summed E-state index contributed by atoms with van der Waals surface area (Å²) in [6.45, 7) is 10.1. The van der Waals surface area contributed by atoms with Crippen LogP contribution in [-0.2, 0) is 6.42 Å². The number of piperidine rings is 1. The largest absolute Gasteiger partial charge is 0.486 e. The Morgan fingerprint density at radius 3 is 2.95 bits per heavy atom. The number of aryl methyl sites for hydroxylation is 1. The number of benzene rings is 1. The second-order valence-corrected chi connectivity index (χ2v) is 7.07. The van der Waals surface area contributed by atoms with Crippen LogP contribution in [0.1, 0.15) is 45.6 Å². The molecule has 1 unspecified atom stereocenters. The molecule has 1 N–H and O–H groups in total. The van der Waals surface area contributed by atoms with E-state index in [1.807, 2.05) is 0 Å². The lowest BCUT2D eigenvalue weighted by Gasteiger charge is -2.42. The number of nitrogens with one attached hydrogen (secondary N) is 1. The van der Waals surface area contributed by atoms with Crippen molar-refractivity contribution < 1.29 is 4.74 Å². The Balaban J connectivity index is 1.73. The highest BCUT2D eigenvalue weighted by Gasteiger charge is 2.34. The molecule has 3 nitrogen and oxygen atoms in total. The van der Waals surface area contributed by atoms with E-state index in [0.29, 0.717) is 6.04 Å². The zero-order valence-corrected chi connectivity index (χ0v) is 13.6. The van der Waals surface area contributed by atoms with E-state index in [4.69, 9.17) is 4.74 Å². The molecule has 116 valence electrons. The number of nitrogens with zero attached hydrogens (tertiary/aromatic N) is 1. The summed E-state index contributed by atoms with van der Waals surface area (Å²) in [7, 11) is 0. The maximum absolute atomic E-state index is 6.42. The van der Waals surface area contributed by atoms with Crippen LogP contribution in [0.2, 0.25) is 0 Å². The van der Waals surface area contributed by atoms with Crippen LogP contribution in [0.4, 0.5) is 5.69 Å². The highest BCUT2D eigenvalue weighted by atomic mass is 16.5. The van der Waals surface area contributed by atoms with E-state index in [2.05, 4.69) is 49.2 Å². The Labute approximate surface area is 128 Å². The Hall–Kier alpha value is -1.22. The second-order valence-electron chi connectivity index (χ2n) is 7.07. The van der Waals surface area contributed by atoms with Crippen LogP contribution in [-0.4, -0.2) is 36.2 Å². The molecule has 0 spiro atoms. The molecule has 3 heteroatoms. The molecule has 0 radical (unpaired) electrons. The highest BCUT2D eigenvalue weighted by Crippen LogP contribution is 2.32. The zero-order chi connectivity index (χ0) is 14.9. The van der Waals surface area contributed by atoms with Crippen molar-refractivity contribution in [3.63, 3.8) is 0 Å². The molecule has 1 aromatic carbocycles. The van der Waals surface area contributed by atoms with Crippen LogP contribution in [0.3, 0.4) is 0 Å². The van der Waals surface area contributed by atoms with Crippen molar-refractivity contribution in [3.05, 3.63) is 23.8 Å². The molecule has 0 aromatic heterocycles. The molecule has 1 atom stereocenters. The van der Waals surface area contributed by atoms with Gasteiger partial charge in [-0.05, 0) is 76.8 Å². The van der Waals surface area contributed by atoms with Crippen LogP contribution in [0.15, 0.2) is 18.2 Å². The third-order valence-electron chi connectivity index (χ3n) is 4.80. The van der Waals surface area contributed by atoms with Crippen LogP contribution < -0.4 is 10.1 Å². The Morgan fingerprint density at radius 1 is 1.29 bits per heavy atom. The van der Waals surface area contributed by atoms with Gasteiger partial charge in [-0.25, -0.2) is 0 Å². The van der Waals surface area contributed by atoms with E-state index in [-0.39, 0.29) is 5.60 Å². The third kappa shape index (κ3) is 3.34. The number of anilines is 1. The van der Waals surface area contributed by atoms with Gasteiger partial charge in [0.25, 0.3) is 0 Å². The number of hydrogen-bond donors (Lipinski definition) is 1. The van der Waals surface area contributed by atoms with E-state index in [0.717, 1.165) is 31.7 Å². The van der Waals surface area contributed by atoms with Crippen molar-refractivity contribution in [2.24, 2.45) is 0 Å². The highest BCUT2D eigenvalue weighted by molar-refractivity contribution is 5.55. The number of likely N-dealkylation sites (tertiary alicyclic amines) is 1.